The average Bonchev–Trinajstić information content (AvgIpc) is 2.70. The minimum atomic E-state index is -4.56. The number of carbonyl (C=O) groups excluding carboxylic acids is 2. The number of amides is 1. The average molecular weight is 456 g/mol. The number of nitro groups is 1. The van der Waals surface area contributed by atoms with Crippen molar-refractivity contribution in [3.8, 4) is 0 Å². The lowest BCUT2D eigenvalue weighted by molar-refractivity contribution is -0.387. The quantitative estimate of drug-likeness (QED) is 0.351. The van der Waals surface area contributed by atoms with E-state index in [2.05, 4.69) is 10.0 Å². The predicted molar refractivity (Wildman–Crippen MR) is 107 cm³/mol. The van der Waals surface area contributed by atoms with Crippen LogP contribution in [0.15, 0.2) is 53.4 Å². The fourth-order valence-corrected chi connectivity index (χ4v) is 4.19. The number of rotatable bonds is 8. The topological polar surface area (TPSA) is 145 Å². The molecule has 0 saturated heterocycles. The first kappa shape index (κ1) is 23.3. The summed E-state index contributed by atoms with van der Waals surface area (Å²) < 4.78 is 32.6. The maximum absolute atomic E-state index is 12.9. The Hall–Kier alpha value is -3.02. The lowest BCUT2D eigenvalue weighted by atomic mass is 10.00. The van der Waals surface area contributed by atoms with E-state index in [9.17, 15) is 28.1 Å². The number of carbonyl (C=O) groups is 2. The predicted octanol–water partition coefficient (Wildman–Crippen LogP) is 1.95. The summed E-state index contributed by atoms with van der Waals surface area (Å²) in [5.74, 6) is -1.56. The number of benzene rings is 2. The standard InChI is InChI=1S/C18H18ClN3O7S/c1-11(23)20-16(12-7-9-13(19)10-8-12)17(18(24)29-2)21-30(27,28)15-6-4-3-5-14(15)22(25)26/h3-10,16-17,21H,1-2H3,(H,20,23)/t16-,17+/m0/s1. The Labute approximate surface area is 177 Å². The summed E-state index contributed by atoms with van der Waals surface area (Å²) in [6.45, 7) is 1.19. The Morgan fingerprint density at radius 2 is 1.73 bits per heavy atom. The summed E-state index contributed by atoms with van der Waals surface area (Å²) in [6, 6.07) is 7.86. The first-order valence-corrected chi connectivity index (χ1v) is 10.3. The van der Waals surface area contributed by atoms with Gasteiger partial charge >= 0.3 is 5.97 Å². The molecule has 0 aromatic heterocycles. The van der Waals surface area contributed by atoms with Crippen molar-refractivity contribution in [1.82, 2.24) is 10.0 Å². The van der Waals surface area contributed by atoms with Crippen molar-refractivity contribution < 1.29 is 27.7 Å². The molecule has 0 spiro atoms. The highest BCUT2D eigenvalue weighted by Crippen LogP contribution is 2.26. The van der Waals surface area contributed by atoms with Gasteiger partial charge in [-0.1, -0.05) is 35.9 Å². The molecule has 0 unspecified atom stereocenters. The molecule has 0 heterocycles. The van der Waals surface area contributed by atoms with Gasteiger partial charge in [-0.3, -0.25) is 19.7 Å². The Morgan fingerprint density at radius 1 is 1.13 bits per heavy atom. The highest BCUT2D eigenvalue weighted by Gasteiger charge is 2.37. The van der Waals surface area contributed by atoms with Gasteiger partial charge in [0.1, 0.15) is 6.04 Å². The van der Waals surface area contributed by atoms with Crippen molar-refractivity contribution >= 4 is 39.2 Å². The van der Waals surface area contributed by atoms with Crippen molar-refractivity contribution in [2.24, 2.45) is 0 Å². The fourth-order valence-electron chi connectivity index (χ4n) is 2.69. The van der Waals surface area contributed by atoms with Gasteiger partial charge in [-0.15, -0.1) is 0 Å². The monoisotopic (exact) mass is 455 g/mol. The van der Waals surface area contributed by atoms with Gasteiger partial charge in [-0.05, 0) is 23.8 Å². The molecule has 0 radical (unpaired) electrons. The molecule has 0 fully saturated rings. The first-order valence-electron chi connectivity index (χ1n) is 8.43. The van der Waals surface area contributed by atoms with Gasteiger partial charge in [0, 0.05) is 18.0 Å². The Bertz CT molecular complexity index is 1060. The third kappa shape index (κ3) is 5.53. The second-order valence-corrected chi connectivity index (χ2v) is 8.20. The van der Waals surface area contributed by atoms with Gasteiger partial charge < -0.3 is 10.1 Å². The lowest BCUT2D eigenvalue weighted by Gasteiger charge is -2.27. The zero-order valence-corrected chi connectivity index (χ0v) is 17.4. The van der Waals surface area contributed by atoms with Gasteiger partial charge in [0.25, 0.3) is 5.69 Å². The Kier molecular flexibility index (Phi) is 7.48. The molecule has 0 aliphatic carbocycles. The molecule has 0 saturated carbocycles. The number of nitrogens with zero attached hydrogens (tertiary/aromatic N) is 1. The molecule has 2 N–H and O–H groups in total. The van der Waals surface area contributed by atoms with Gasteiger partial charge in [-0.2, -0.15) is 4.72 Å². The Morgan fingerprint density at radius 3 is 2.27 bits per heavy atom. The van der Waals surface area contributed by atoms with Gasteiger partial charge in [0.2, 0.25) is 15.9 Å². The minimum Gasteiger partial charge on any atom is -0.468 e. The second-order valence-electron chi connectivity index (χ2n) is 6.08. The summed E-state index contributed by atoms with van der Waals surface area (Å²) in [4.78, 5) is 33.9. The number of methoxy groups -OCH3 is 1. The first-order chi connectivity index (χ1) is 14.1. The molecule has 10 nitrogen and oxygen atoms in total. The van der Waals surface area contributed by atoms with E-state index in [1.807, 2.05) is 0 Å². The van der Waals surface area contributed by atoms with Crippen LogP contribution in [0.3, 0.4) is 0 Å². The molecule has 160 valence electrons. The van der Waals surface area contributed by atoms with Gasteiger partial charge in [-0.25, -0.2) is 8.42 Å². The summed E-state index contributed by atoms with van der Waals surface area (Å²) in [6.07, 6.45) is 0. The molecular weight excluding hydrogens is 438 g/mol. The van der Waals surface area contributed by atoms with E-state index in [1.54, 1.807) is 0 Å². The maximum atomic E-state index is 12.9. The van der Waals surface area contributed by atoms with Crippen LogP contribution in [0.5, 0.6) is 0 Å². The van der Waals surface area contributed by atoms with Gasteiger partial charge in [0.15, 0.2) is 4.90 Å². The molecule has 1 amide bonds. The molecule has 2 aromatic carbocycles. The van der Waals surface area contributed by atoms with Crippen molar-refractivity contribution in [2.75, 3.05) is 7.11 Å². The molecule has 30 heavy (non-hydrogen) atoms. The summed E-state index contributed by atoms with van der Waals surface area (Å²) in [5.41, 5.74) is -0.313. The van der Waals surface area contributed by atoms with Crippen LogP contribution in [0.4, 0.5) is 5.69 Å². The normalized spacial score (nSPS) is 13.2. The molecule has 2 aromatic rings. The highest BCUT2D eigenvalue weighted by molar-refractivity contribution is 7.89. The van der Waals surface area contributed by atoms with E-state index in [-0.39, 0.29) is 0 Å². The van der Waals surface area contributed by atoms with Crippen LogP contribution in [0, 0.1) is 10.1 Å². The number of para-hydroxylation sites is 1. The molecule has 2 rings (SSSR count). The molecule has 2 atom stereocenters. The van der Waals surface area contributed by atoms with Crippen LogP contribution >= 0.6 is 11.6 Å². The van der Waals surface area contributed by atoms with Crippen molar-refractivity contribution in [3.05, 3.63) is 69.2 Å². The van der Waals surface area contributed by atoms with Crippen LogP contribution in [0.25, 0.3) is 0 Å². The molecule has 0 bridgehead atoms. The van der Waals surface area contributed by atoms with Crippen LogP contribution in [-0.2, 0) is 24.3 Å². The SMILES string of the molecule is COC(=O)[C@H](NS(=O)(=O)c1ccccc1[N+](=O)[O-])[C@@H](NC(C)=O)c1ccc(Cl)cc1. The number of nitrogens with one attached hydrogen (secondary N) is 2. The zero-order chi connectivity index (χ0) is 22.5. The third-order valence-corrected chi connectivity index (χ3v) is 5.75. The van der Waals surface area contributed by atoms with E-state index in [0.717, 1.165) is 19.2 Å². The number of esters is 1. The summed E-state index contributed by atoms with van der Waals surface area (Å²) in [5, 5.41) is 14.1. The maximum Gasteiger partial charge on any atom is 0.326 e. The van der Waals surface area contributed by atoms with Crippen molar-refractivity contribution in [3.63, 3.8) is 0 Å². The fraction of sp³-hybridized carbons (Fsp3) is 0.222. The van der Waals surface area contributed by atoms with Crippen LogP contribution in [0.2, 0.25) is 5.02 Å². The van der Waals surface area contributed by atoms with Crippen molar-refractivity contribution in [1.29, 1.82) is 0 Å². The second kappa shape index (κ2) is 9.65. The molecule has 0 aliphatic heterocycles. The Balaban J connectivity index is 2.55. The number of sulfonamides is 1. The van der Waals surface area contributed by atoms with E-state index in [4.69, 9.17) is 16.3 Å². The van der Waals surface area contributed by atoms with Crippen LogP contribution in [-0.4, -0.2) is 38.4 Å². The number of halogens is 1. The van der Waals surface area contributed by atoms with Crippen molar-refractivity contribution in [2.45, 2.75) is 23.9 Å². The molecule has 0 aliphatic rings. The zero-order valence-electron chi connectivity index (χ0n) is 15.9. The molecular formula is C18H18ClN3O7S. The van der Waals surface area contributed by atoms with Crippen LogP contribution in [0.1, 0.15) is 18.5 Å². The summed E-state index contributed by atoms with van der Waals surface area (Å²) >= 11 is 5.87. The van der Waals surface area contributed by atoms with E-state index in [0.29, 0.717) is 10.6 Å². The summed E-state index contributed by atoms with van der Waals surface area (Å²) in [7, 11) is -3.51. The number of ether oxygens (including phenoxy) is 1. The van der Waals surface area contributed by atoms with Gasteiger partial charge in [0.05, 0.1) is 18.1 Å². The smallest absolute Gasteiger partial charge is 0.326 e. The van der Waals surface area contributed by atoms with E-state index < -0.39 is 49.5 Å². The lowest BCUT2D eigenvalue weighted by Crippen LogP contribution is -2.50. The third-order valence-electron chi connectivity index (χ3n) is 4.01. The minimum absolute atomic E-state index is 0.357. The largest absolute Gasteiger partial charge is 0.468 e. The molecule has 12 heteroatoms. The number of hydrogen-bond acceptors (Lipinski definition) is 7. The number of hydrogen-bond donors (Lipinski definition) is 2. The van der Waals surface area contributed by atoms with E-state index in [1.165, 1.54) is 43.3 Å². The highest BCUT2D eigenvalue weighted by atomic mass is 35.5. The van der Waals surface area contributed by atoms with E-state index >= 15 is 0 Å². The van der Waals surface area contributed by atoms with Crippen LogP contribution < -0.4 is 10.0 Å². The number of nitro benzene ring substituents is 1.